The van der Waals surface area contributed by atoms with Crippen LogP contribution in [0.15, 0.2) is 24.3 Å². The molecule has 0 fully saturated rings. The molecule has 1 rings (SSSR count). The minimum atomic E-state index is -4.29. The van der Waals surface area contributed by atoms with Crippen molar-refractivity contribution in [3.05, 3.63) is 29.8 Å². The fourth-order valence-electron chi connectivity index (χ4n) is 0.763. The van der Waals surface area contributed by atoms with E-state index in [1.165, 1.54) is 12.1 Å². The van der Waals surface area contributed by atoms with Crippen LogP contribution in [0, 0.1) is 0 Å². The van der Waals surface area contributed by atoms with Crippen molar-refractivity contribution in [1.82, 2.24) is 0 Å². The quantitative estimate of drug-likeness (QED) is 0.608. The molecule has 0 saturated carbocycles. The van der Waals surface area contributed by atoms with Crippen molar-refractivity contribution in [2.24, 2.45) is 0 Å². The van der Waals surface area contributed by atoms with Crippen LogP contribution in [0.3, 0.4) is 0 Å². The topological polar surface area (TPSA) is 0 Å². The first-order chi connectivity index (χ1) is 5.91. The summed E-state index contributed by atoms with van der Waals surface area (Å²) in [7, 11) is 11.3. The maximum atomic E-state index is 12.1. The summed E-state index contributed by atoms with van der Waals surface area (Å²) in [5, 5.41) is 0. The van der Waals surface area contributed by atoms with E-state index >= 15 is 0 Å². The van der Waals surface area contributed by atoms with Crippen LogP contribution in [0.4, 0.5) is 13.2 Å². The summed E-state index contributed by atoms with van der Waals surface area (Å²) in [6.07, 6.45) is -4.29. The van der Waals surface area contributed by atoms with E-state index in [0.29, 0.717) is 3.27 Å². The van der Waals surface area contributed by atoms with Crippen LogP contribution in [0.5, 0.6) is 0 Å². The number of benzene rings is 1. The number of alkyl halides is 3. The summed E-state index contributed by atoms with van der Waals surface area (Å²) >= 11 is -2.60. The fourth-order valence-corrected chi connectivity index (χ4v) is 4.20. The van der Waals surface area contributed by atoms with Crippen molar-refractivity contribution in [3.63, 3.8) is 0 Å². The van der Waals surface area contributed by atoms with Gasteiger partial charge in [0, 0.05) is 0 Å². The third-order valence-electron chi connectivity index (χ3n) is 1.39. The second-order valence-corrected chi connectivity index (χ2v) is 13.5. The minimum absolute atomic E-state index is 0.659. The maximum absolute atomic E-state index is 12.1. The third kappa shape index (κ3) is 3.26. The summed E-state index contributed by atoms with van der Waals surface area (Å²) in [5.74, 6) is 0. The number of rotatable bonds is 1. The zero-order valence-electron chi connectivity index (χ0n) is 6.15. The molecule has 0 amide bonds. The van der Waals surface area contributed by atoms with Gasteiger partial charge in [-0.25, -0.2) is 0 Å². The SMILES string of the molecule is FC(F)(F)c1cc[c]([Bi]([Cl])[Cl])cc1. The average molecular weight is 425 g/mol. The van der Waals surface area contributed by atoms with Crippen LogP contribution >= 0.6 is 17.0 Å². The van der Waals surface area contributed by atoms with Gasteiger partial charge in [-0.15, -0.1) is 0 Å². The molecule has 0 spiro atoms. The molecular formula is C7H4BiCl2F3. The van der Waals surface area contributed by atoms with E-state index in [4.69, 9.17) is 17.0 Å². The van der Waals surface area contributed by atoms with Crippen molar-refractivity contribution in [1.29, 1.82) is 0 Å². The molecule has 0 heterocycles. The molecule has 0 aromatic heterocycles. The second-order valence-electron chi connectivity index (χ2n) is 2.28. The Hall–Kier alpha value is 0.473. The molecule has 0 unspecified atom stereocenters. The Bertz CT molecular complexity index is 281. The van der Waals surface area contributed by atoms with Gasteiger partial charge in [-0.05, 0) is 0 Å². The van der Waals surface area contributed by atoms with Gasteiger partial charge >= 0.3 is 88.8 Å². The second kappa shape index (κ2) is 4.33. The van der Waals surface area contributed by atoms with Crippen molar-refractivity contribution < 1.29 is 13.2 Å². The summed E-state index contributed by atoms with van der Waals surface area (Å²) in [6, 6.07) is 4.70. The van der Waals surface area contributed by atoms with Gasteiger partial charge in [-0.1, -0.05) is 0 Å². The van der Waals surface area contributed by atoms with Crippen LogP contribution < -0.4 is 3.27 Å². The van der Waals surface area contributed by atoms with Gasteiger partial charge in [0.05, 0.1) is 0 Å². The van der Waals surface area contributed by atoms with Crippen molar-refractivity contribution >= 4 is 39.7 Å². The number of hydrogen-bond acceptors (Lipinski definition) is 0. The standard InChI is InChI=1S/C7H4F3.Bi.2ClH/c8-7(9,10)6-4-2-1-3-5-6;;;/h2-5H;;2*1H/q;+2;;/p-2. The summed E-state index contributed by atoms with van der Waals surface area (Å²) < 4.78 is 36.9. The van der Waals surface area contributed by atoms with Gasteiger partial charge in [0.25, 0.3) is 0 Å². The molecule has 0 nitrogen and oxygen atoms in total. The number of hydrogen-bond donors (Lipinski definition) is 0. The van der Waals surface area contributed by atoms with Crippen molar-refractivity contribution in [2.75, 3.05) is 0 Å². The van der Waals surface area contributed by atoms with E-state index in [1.807, 2.05) is 0 Å². The predicted molar refractivity (Wildman–Crippen MR) is 48.5 cm³/mol. The van der Waals surface area contributed by atoms with E-state index in [2.05, 4.69) is 0 Å². The Morgan fingerprint density at radius 2 is 1.46 bits per heavy atom. The van der Waals surface area contributed by atoms with E-state index in [1.54, 1.807) is 0 Å². The van der Waals surface area contributed by atoms with E-state index in [-0.39, 0.29) is 0 Å². The molecule has 0 aliphatic heterocycles. The van der Waals surface area contributed by atoms with E-state index in [9.17, 15) is 13.2 Å². The number of halogens is 5. The molecule has 0 saturated heterocycles. The fraction of sp³-hybridized carbons (Fsp3) is 0.143. The molecule has 0 bridgehead atoms. The predicted octanol–water partition coefficient (Wildman–Crippen LogP) is 2.88. The first-order valence-electron chi connectivity index (χ1n) is 3.20. The van der Waals surface area contributed by atoms with Crippen molar-refractivity contribution in [2.45, 2.75) is 6.18 Å². The van der Waals surface area contributed by atoms with Crippen LogP contribution in [-0.2, 0) is 6.18 Å². The first-order valence-corrected chi connectivity index (χ1v) is 13.5. The van der Waals surface area contributed by atoms with Gasteiger partial charge in [-0.3, -0.25) is 0 Å². The molecule has 0 aliphatic rings. The zero-order valence-corrected chi connectivity index (χ0v) is 11.1. The first kappa shape index (κ1) is 11.5. The van der Waals surface area contributed by atoms with Gasteiger partial charge in [0.15, 0.2) is 0 Å². The molecule has 1 aromatic carbocycles. The van der Waals surface area contributed by atoms with Gasteiger partial charge < -0.3 is 0 Å². The Kier molecular flexibility index (Phi) is 3.85. The molecule has 0 radical (unpaired) electrons. The summed E-state index contributed by atoms with van der Waals surface area (Å²) in [5.41, 5.74) is -0.671. The normalized spacial score (nSPS) is 12.2. The molecule has 13 heavy (non-hydrogen) atoms. The molecule has 0 atom stereocenters. The third-order valence-corrected chi connectivity index (χ3v) is 7.49. The summed E-state index contributed by atoms with van der Waals surface area (Å²) in [6.45, 7) is 0. The zero-order chi connectivity index (χ0) is 10.1. The molecule has 0 aliphatic carbocycles. The van der Waals surface area contributed by atoms with Crippen LogP contribution in [-0.4, -0.2) is 19.4 Å². The van der Waals surface area contributed by atoms with Crippen LogP contribution in [0.2, 0.25) is 0 Å². The molecule has 1 aromatic rings. The van der Waals surface area contributed by atoms with Gasteiger partial charge in [0.2, 0.25) is 0 Å². The van der Waals surface area contributed by atoms with E-state index in [0.717, 1.165) is 12.1 Å². The van der Waals surface area contributed by atoms with Gasteiger partial charge in [0.1, 0.15) is 0 Å². The average Bonchev–Trinajstić information content (AvgIpc) is 2.03. The molecule has 0 N–H and O–H groups in total. The van der Waals surface area contributed by atoms with Crippen LogP contribution in [0.1, 0.15) is 5.56 Å². The molecule has 6 heteroatoms. The Labute approximate surface area is 88.4 Å². The Morgan fingerprint density at radius 1 is 1.00 bits per heavy atom. The summed E-state index contributed by atoms with van der Waals surface area (Å²) in [4.78, 5) is 0. The van der Waals surface area contributed by atoms with Crippen LogP contribution in [0.25, 0.3) is 0 Å². The molecule has 72 valence electrons. The van der Waals surface area contributed by atoms with Gasteiger partial charge in [-0.2, -0.15) is 0 Å². The Balaban J connectivity index is 2.94. The Morgan fingerprint density at radius 3 is 1.77 bits per heavy atom. The van der Waals surface area contributed by atoms with E-state index < -0.39 is 31.1 Å². The molecular weight excluding hydrogens is 421 g/mol. The monoisotopic (exact) mass is 424 g/mol. The van der Waals surface area contributed by atoms with Crippen molar-refractivity contribution in [3.8, 4) is 0 Å².